The van der Waals surface area contributed by atoms with E-state index in [1.807, 2.05) is 0 Å². The monoisotopic (exact) mass is 240 g/mol. The van der Waals surface area contributed by atoms with Crippen molar-refractivity contribution in [1.82, 2.24) is 0 Å². The smallest absolute Gasteiger partial charge is 0.181 e. The van der Waals surface area contributed by atoms with Crippen LogP contribution >= 0.6 is 0 Å². The lowest BCUT2D eigenvalue weighted by Crippen LogP contribution is -2.16. The minimum absolute atomic E-state index is 0.185. The molecule has 0 unspecified atom stereocenters. The molecule has 1 aliphatic heterocycles. The molecule has 1 heterocycles. The van der Waals surface area contributed by atoms with E-state index in [1.54, 1.807) is 18.2 Å². The zero-order chi connectivity index (χ0) is 11.2. The van der Waals surface area contributed by atoms with E-state index >= 15 is 0 Å². The maximum atomic E-state index is 12.0. The highest BCUT2D eigenvalue weighted by molar-refractivity contribution is 7.92. The summed E-state index contributed by atoms with van der Waals surface area (Å²) in [5.41, 5.74) is 0. The van der Waals surface area contributed by atoms with E-state index in [2.05, 4.69) is 0 Å². The van der Waals surface area contributed by atoms with E-state index in [-0.39, 0.29) is 5.25 Å². The summed E-state index contributed by atoms with van der Waals surface area (Å²) in [6.07, 6.45) is 1.55. The molecule has 1 aromatic carbocycles. The van der Waals surface area contributed by atoms with Gasteiger partial charge in [0.25, 0.3) is 0 Å². The molecule has 0 aromatic heterocycles. The van der Waals surface area contributed by atoms with E-state index in [4.69, 9.17) is 9.47 Å². The van der Waals surface area contributed by atoms with Crippen molar-refractivity contribution in [3.8, 4) is 11.5 Å². The van der Waals surface area contributed by atoms with Gasteiger partial charge in [0.05, 0.1) is 10.1 Å². The van der Waals surface area contributed by atoms with Crippen LogP contribution in [-0.4, -0.2) is 26.9 Å². The van der Waals surface area contributed by atoms with Crippen LogP contribution in [0.1, 0.15) is 12.8 Å². The molecule has 0 amide bonds. The molecule has 1 fully saturated rings. The Labute approximate surface area is 94.1 Å². The van der Waals surface area contributed by atoms with Crippen LogP contribution in [0.4, 0.5) is 0 Å². The van der Waals surface area contributed by atoms with E-state index in [1.165, 1.54) is 0 Å². The molecule has 0 bridgehead atoms. The average molecular weight is 240 g/mol. The topological polar surface area (TPSA) is 52.6 Å². The fraction of sp³-hybridized carbons (Fsp3) is 0.455. The van der Waals surface area contributed by atoms with Gasteiger partial charge >= 0.3 is 0 Å². The Bertz CT molecular complexity index is 517. The summed E-state index contributed by atoms with van der Waals surface area (Å²) in [4.78, 5) is 0.347. The quantitative estimate of drug-likeness (QED) is 0.784. The first kappa shape index (κ1) is 9.96. The van der Waals surface area contributed by atoms with E-state index in [0.29, 0.717) is 29.6 Å². The van der Waals surface area contributed by atoms with Crippen LogP contribution in [0, 0.1) is 0 Å². The molecule has 1 saturated carbocycles. The maximum absolute atomic E-state index is 12.0. The molecule has 2 aliphatic rings. The number of hydrogen-bond donors (Lipinski definition) is 0. The Morgan fingerprint density at radius 3 is 2.44 bits per heavy atom. The first-order chi connectivity index (χ1) is 7.68. The normalized spacial score (nSPS) is 19.5. The number of fused-ring (bicyclic) bond motifs is 1. The molecule has 0 spiro atoms. The summed E-state index contributed by atoms with van der Waals surface area (Å²) in [6, 6.07) is 4.84. The van der Waals surface area contributed by atoms with Crippen molar-refractivity contribution in [3.63, 3.8) is 0 Å². The summed E-state index contributed by atoms with van der Waals surface area (Å²) in [7, 11) is -3.13. The van der Waals surface area contributed by atoms with Crippen molar-refractivity contribution in [2.45, 2.75) is 23.0 Å². The van der Waals surface area contributed by atoms with Gasteiger partial charge in [-0.05, 0) is 25.0 Å². The lowest BCUT2D eigenvalue weighted by Gasteiger charge is -2.18. The summed E-state index contributed by atoms with van der Waals surface area (Å²) in [6.45, 7) is 0.988. The van der Waals surface area contributed by atoms with Crippen molar-refractivity contribution in [1.29, 1.82) is 0 Å². The second-order valence-corrected chi connectivity index (χ2v) is 6.28. The Morgan fingerprint density at radius 1 is 1.06 bits per heavy atom. The molecule has 86 valence electrons. The van der Waals surface area contributed by atoms with Gasteiger partial charge in [0.15, 0.2) is 21.3 Å². The van der Waals surface area contributed by atoms with E-state index < -0.39 is 9.84 Å². The Hall–Kier alpha value is -1.23. The molecule has 5 heteroatoms. The van der Waals surface area contributed by atoms with Crippen molar-refractivity contribution >= 4 is 9.84 Å². The predicted octanol–water partition coefficient (Wildman–Crippen LogP) is 1.39. The van der Waals surface area contributed by atoms with Crippen LogP contribution in [0.3, 0.4) is 0 Å². The lowest BCUT2D eigenvalue weighted by atomic mass is 10.3. The van der Waals surface area contributed by atoms with Crippen molar-refractivity contribution in [2.24, 2.45) is 0 Å². The third kappa shape index (κ3) is 1.55. The van der Waals surface area contributed by atoms with Crippen LogP contribution < -0.4 is 9.47 Å². The van der Waals surface area contributed by atoms with Crippen LogP contribution in [-0.2, 0) is 9.84 Å². The molecule has 0 atom stereocenters. The second kappa shape index (κ2) is 3.38. The van der Waals surface area contributed by atoms with Gasteiger partial charge in [-0.3, -0.25) is 0 Å². The minimum Gasteiger partial charge on any atom is -0.486 e. The van der Waals surface area contributed by atoms with Crippen molar-refractivity contribution in [3.05, 3.63) is 18.2 Å². The summed E-state index contributed by atoms with van der Waals surface area (Å²) in [5.74, 6) is 1.16. The van der Waals surface area contributed by atoms with Crippen LogP contribution in [0.5, 0.6) is 11.5 Å². The highest BCUT2D eigenvalue weighted by Crippen LogP contribution is 2.37. The number of hydrogen-bond acceptors (Lipinski definition) is 4. The molecule has 1 aromatic rings. The zero-order valence-electron chi connectivity index (χ0n) is 8.68. The average Bonchev–Trinajstić information content (AvgIpc) is 3.12. The fourth-order valence-corrected chi connectivity index (χ4v) is 3.44. The molecule has 0 radical (unpaired) electrons. The molecule has 0 saturated heterocycles. The third-order valence-corrected chi connectivity index (χ3v) is 5.07. The number of ether oxygens (including phenoxy) is 2. The highest BCUT2D eigenvalue weighted by Gasteiger charge is 2.37. The molecule has 1 aliphatic carbocycles. The summed E-state index contributed by atoms with van der Waals surface area (Å²) >= 11 is 0. The summed E-state index contributed by atoms with van der Waals surface area (Å²) < 4.78 is 34.7. The first-order valence-electron chi connectivity index (χ1n) is 5.31. The van der Waals surface area contributed by atoms with E-state index in [0.717, 1.165) is 12.8 Å². The number of sulfone groups is 1. The lowest BCUT2D eigenvalue weighted by molar-refractivity contribution is 0.171. The Kier molecular flexibility index (Phi) is 2.10. The van der Waals surface area contributed by atoms with Crippen molar-refractivity contribution in [2.75, 3.05) is 13.2 Å². The maximum Gasteiger partial charge on any atom is 0.181 e. The fourth-order valence-electron chi connectivity index (χ4n) is 1.77. The van der Waals surface area contributed by atoms with Gasteiger partial charge in [-0.25, -0.2) is 8.42 Å². The van der Waals surface area contributed by atoms with Gasteiger partial charge in [0.1, 0.15) is 13.2 Å². The van der Waals surface area contributed by atoms with Crippen LogP contribution in [0.2, 0.25) is 0 Å². The second-order valence-electron chi connectivity index (χ2n) is 4.05. The number of benzene rings is 1. The Balaban J connectivity index is 2.02. The third-order valence-electron chi connectivity index (χ3n) is 2.81. The largest absolute Gasteiger partial charge is 0.486 e. The minimum atomic E-state index is -3.13. The van der Waals surface area contributed by atoms with E-state index in [9.17, 15) is 8.42 Å². The first-order valence-corrected chi connectivity index (χ1v) is 6.86. The van der Waals surface area contributed by atoms with Gasteiger partial charge in [-0.2, -0.15) is 0 Å². The van der Waals surface area contributed by atoms with Crippen LogP contribution in [0.15, 0.2) is 23.1 Å². The van der Waals surface area contributed by atoms with Gasteiger partial charge in [-0.1, -0.05) is 0 Å². The standard InChI is InChI=1S/C11H12O4S/c12-16(13,8-1-2-8)9-3-4-10-11(7-9)15-6-5-14-10/h3-4,7-8H,1-2,5-6H2. The van der Waals surface area contributed by atoms with Gasteiger partial charge in [0, 0.05) is 6.07 Å². The van der Waals surface area contributed by atoms with Crippen molar-refractivity contribution < 1.29 is 17.9 Å². The SMILES string of the molecule is O=S(=O)(c1ccc2c(c1)OCCO2)C1CC1. The van der Waals surface area contributed by atoms with Gasteiger partial charge in [0.2, 0.25) is 0 Å². The molecule has 4 nitrogen and oxygen atoms in total. The Morgan fingerprint density at radius 2 is 1.75 bits per heavy atom. The highest BCUT2D eigenvalue weighted by atomic mass is 32.2. The molecular formula is C11H12O4S. The molecular weight excluding hydrogens is 228 g/mol. The van der Waals surface area contributed by atoms with Gasteiger partial charge < -0.3 is 9.47 Å². The summed E-state index contributed by atoms with van der Waals surface area (Å²) in [5, 5.41) is -0.185. The number of rotatable bonds is 2. The molecule has 3 rings (SSSR count). The predicted molar refractivity (Wildman–Crippen MR) is 57.6 cm³/mol. The van der Waals surface area contributed by atoms with Gasteiger partial charge in [-0.15, -0.1) is 0 Å². The molecule has 16 heavy (non-hydrogen) atoms. The molecule has 0 N–H and O–H groups in total. The van der Waals surface area contributed by atoms with Crippen LogP contribution in [0.25, 0.3) is 0 Å². The zero-order valence-corrected chi connectivity index (χ0v) is 9.50.